The molecule has 2 aromatic rings. The Bertz CT molecular complexity index is 599. The summed E-state index contributed by atoms with van der Waals surface area (Å²) in [6, 6.07) is 12.0. The predicted octanol–water partition coefficient (Wildman–Crippen LogP) is 4.39. The lowest BCUT2D eigenvalue weighted by Gasteiger charge is -2.12. The van der Waals surface area contributed by atoms with Crippen molar-refractivity contribution in [1.82, 2.24) is 0 Å². The smallest absolute Gasteiger partial charge is 0.119 e. The van der Waals surface area contributed by atoms with Gasteiger partial charge in [0.1, 0.15) is 11.5 Å². The predicted molar refractivity (Wildman–Crippen MR) is 85.8 cm³/mol. The summed E-state index contributed by atoms with van der Waals surface area (Å²) in [5.41, 5.74) is 3.41. The fraction of sp³-hybridized carbons (Fsp3) is 0.250. The highest BCUT2D eigenvalue weighted by molar-refractivity contribution is 9.10. The Hall–Kier alpha value is -1.68. The van der Waals surface area contributed by atoms with Crippen molar-refractivity contribution in [3.8, 4) is 11.5 Å². The third-order valence-corrected chi connectivity index (χ3v) is 3.93. The molecule has 0 aromatic heterocycles. The number of nitrogens with one attached hydrogen (secondary N) is 1. The van der Waals surface area contributed by atoms with Gasteiger partial charge in [-0.2, -0.15) is 0 Å². The van der Waals surface area contributed by atoms with Gasteiger partial charge in [0.25, 0.3) is 0 Å². The third kappa shape index (κ3) is 3.45. The SMILES string of the molecule is COc1ccc(NCc2cc(OC)ccc2Br)c(C)c1. The van der Waals surface area contributed by atoms with Crippen molar-refractivity contribution in [1.29, 1.82) is 0 Å². The Morgan fingerprint density at radius 1 is 1.00 bits per heavy atom. The molecular weight excluding hydrogens is 318 g/mol. The van der Waals surface area contributed by atoms with Crippen LogP contribution in [0.1, 0.15) is 11.1 Å². The van der Waals surface area contributed by atoms with Gasteiger partial charge in [0.05, 0.1) is 14.2 Å². The van der Waals surface area contributed by atoms with Crippen LogP contribution in [-0.4, -0.2) is 14.2 Å². The molecule has 0 unspecified atom stereocenters. The van der Waals surface area contributed by atoms with E-state index in [1.54, 1.807) is 14.2 Å². The molecule has 0 bridgehead atoms. The molecule has 4 heteroatoms. The van der Waals surface area contributed by atoms with E-state index in [1.807, 2.05) is 36.4 Å². The highest BCUT2D eigenvalue weighted by Gasteiger charge is 2.04. The summed E-state index contributed by atoms with van der Waals surface area (Å²) in [5, 5.41) is 3.43. The molecule has 0 aliphatic rings. The first kappa shape index (κ1) is 14.7. The summed E-state index contributed by atoms with van der Waals surface area (Å²) in [4.78, 5) is 0. The molecule has 0 radical (unpaired) electrons. The van der Waals surface area contributed by atoms with E-state index in [4.69, 9.17) is 9.47 Å². The molecule has 2 aromatic carbocycles. The molecule has 0 fully saturated rings. The largest absolute Gasteiger partial charge is 0.497 e. The number of hydrogen-bond acceptors (Lipinski definition) is 3. The Balaban J connectivity index is 2.12. The highest BCUT2D eigenvalue weighted by atomic mass is 79.9. The van der Waals surface area contributed by atoms with Crippen LogP contribution >= 0.6 is 15.9 Å². The van der Waals surface area contributed by atoms with Crippen LogP contribution in [0.5, 0.6) is 11.5 Å². The van der Waals surface area contributed by atoms with Crippen molar-refractivity contribution in [3.05, 3.63) is 52.0 Å². The maximum atomic E-state index is 5.25. The Kier molecular flexibility index (Phi) is 4.90. The zero-order chi connectivity index (χ0) is 14.5. The van der Waals surface area contributed by atoms with E-state index < -0.39 is 0 Å². The van der Waals surface area contributed by atoms with Gasteiger partial charge in [0.15, 0.2) is 0 Å². The first-order chi connectivity index (χ1) is 9.63. The molecule has 0 saturated heterocycles. The van der Waals surface area contributed by atoms with Gasteiger partial charge in [-0.25, -0.2) is 0 Å². The van der Waals surface area contributed by atoms with Crippen LogP contribution < -0.4 is 14.8 Å². The normalized spacial score (nSPS) is 10.2. The number of ether oxygens (including phenoxy) is 2. The van der Waals surface area contributed by atoms with Gasteiger partial charge in [-0.1, -0.05) is 15.9 Å². The van der Waals surface area contributed by atoms with Crippen LogP contribution in [-0.2, 0) is 6.54 Å². The molecule has 106 valence electrons. The fourth-order valence-corrected chi connectivity index (χ4v) is 2.35. The maximum absolute atomic E-state index is 5.25. The van der Waals surface area contributed by atoms with Gasteiger partial charge in [-0.15, -0.1) is 0 Å². The van der Waals surface area contributed by atoms with Crippen molar-refractivity contribution < 1.29 is 9.47 Å². The number of aryl methyl sites for hydroxylation is 1. The number of benzene rings is 2. The second-order valence-electron chi connectivity index (χ2n) is 4.49. The maximum Gasteiger partial charge on any atom is 0.119 e. The lowest BCUT2D eigenvalue weighted by atomic mass is 10.1. The van der Waals surface area contributed by atoms with Gasteiger partial charge < -0.3 is 14.8 Å². The van der Waals surface area contributed by atoms with Crippen LogP contribution in [0, 0.1) is 6.92 Å². The molecule has 0 aliphatic heterocycles. The third-order valence-electron chi connectivity index (χ3n) is 3.16. The lowest BCUT2D eigenvalue weighted by molar-refractivity contribution is 0.414. The minimum atomic E-state index is 0.727. The summed E-state index contributed by atoms with van der Waals surface area (Å²) in [7, 11) is 3.35. The van der Waals surface area contributed by atoms with Crippen LogP contribution in [0.2, 0.25) is 0 Å². The summed E-state index contributed by atoms with van der Waals surface area (Å²) < 4.78 is 11.5. The van der Waals surface area contributed by atoms with Crippen molar-refractivity contribution in [2.75, 3.05) is 19.5 Å². The van der Waals surface area contributed by atoms with Gasteiger partial charge in [-0.3, -0.25) is 0 Å². The fourth-order valence-electron chi connectivity index (χ4n) is 1.97. The molecule has 2 rings (SSSR count). The Labute approximate surface area is 128 Å². The van der Waals surface area contributed by atoms with E-state index in [0.717, 1.165) is 39.3 Å². The van der Waals surface area contributed by atoms with Crippen LogP contribution in [0.15, 0.2) is 40.9 Å². The van der Waals surface area contributed by atoms with Gasteiger partial charge in [0, 0.05) is 16.7 Å². The summed E-state index contributed by atoms with van der Waals surface area (Å²) in [6.45, 7) is 2.79. The highest BCUT2D eigenvalue weighted by Crippen LogP contribution is 2.25. The van der Waals surface area contributed by atoms with E-state index in [-0.39, 0.29) is 0 Å². The number of anilines is 1. The molecule has 20 heavy (non-hydrogen) atoms. The molecule has 0 saturated carbocycles. The number of hydrogen-bond donors (Lipinski definition) is 1. The van der Waals surface area contributed by atoms with E-state index in [1.165, 1.54) is 0 Å². The first-order valence-electron chi connectivity index (χ1n) is 6.35. The lowest BCUT2D eigenvalue weighted by Crippen LogP contribution is -2.02. The Morgan fingerprint density at radius 2 is 1.65 bits per heavy atom. The second kappa shape index (κ2) is 6.66. The minimum absolute atomic E-state index is 0.727. The van der Waals surface area contributed by atoms with Crippen molar-refractivity contribution in [2.45, 2.75) is 13.5 Å². The monoisotopic (exact) mass is 335 g/mol. The van der Waals surface area contributed by atoms with E-state index in [9.17, 15) is 0 Å². The molecule has 0 spiro atoms. The zero-order valence-corrected chi connectivity index (χ0v) is 13.5. The van der Waals surface area contributed by atoms with Crippen LogP contribution in [0.3, 0.4) is 0 Å². The molecule has 3 nitrogen and oxygen atoms in total. The number of halogens is 1. The molecule has 0 heterocycles. The van der Waals surface area contributed by atoms with E-state index in [0.29, 0.717) is 0 Å². The van der Waals surface area contributed by atoms with Crippen LogP contribution in [0.4, 0.5) is 5.69 Å². The Morgan fingerprint density at radius 3 is 2.30 bits per heavy atom. The van der Waals surface area contributed by atoms with E-state index in [2.05, 4.69) is 28.2 Å². The summed E-state index contributed by atoms with van der Waals surface area (Å²) in [5.74, 6) is 1.73. The molecular formula is C16H18BrNO2. The molecule has 0 atom stereocenters. The summed E-state index contributed by atoms with van der Waals surface area (Å²) >= 11 is 3.56. The standard InChI is InChI=1S/C16H18BrNO2/c1-11-8-13(19-2)5-7-16(11)18-10-12-9-14(20-3)4-6-15(12)17/h4-9,18H,10H2,1-3H3. The van der Waals surface area contributed by atoms with Crippen molar-refractivity contribution in [3.63, 3.8) is 0 Å². The second-order valence-corrected chi connectivity index (χ2v) is 5.35. The van der Waals surface area contributed by atoms with Crippen LogP contribution in [0.25, 0.3) is 0 Å². The number of methoxy groups -OCH3 is 2. The molecule has 0 aliphatic carbocycles. The first-order valence-corrected chi connectivity index (χ1v) is 7.14. The van der Waals surface area contributed by atoms with Gasteiger partial charge in [-0.05, 0) is 54.4 Å². The average molecular weight is 336 g/mol. The van der Waals surface area contributed by atoms with Crippen molar-refractivity contribution in [2.24, 2.45) is 0 Å². The molecule has 1 N–H and O–H groups in total. The van der Waals surface area contributed by atoms with Gasteiger partial charge in [0.2, 0.25) is 0 Å². The number of rotatable bonds is 5. The summed E-state index contributed by atoms with van der Waals surface area (Å²) in [6.07, 6.45) is 0. The van der Waals surface area contributed by atoms with Crippen molar-refractivity contribution >= 4 is 21.6 Å². The quantitative estimate of drug-likeness (QED) is 0.879. The van der Waals surface area contributed by atoms with Gasteiger partial charge >= 0.3 is 0 Å². The minimum Gasteiger partial charge on any atom is -0.497 e. The zero-order valence-electron chi connectivity index (χ0n) is 11.9. The topological polar surface area (TPSA) is 30.5 Å². The molecule has 0 amide bonds. The van der Waals surface area contributed by atoms with E-state index >= 15 is 0 Å². The average Bonchev–Trinajstić information content (AvgIpc) is 2.47.